The molecule has 0 bridgehead atoms. The highest BCUT2D eigenvalue weighted by molar-refractivity contribution is 6.07. The van der Waals surface area contributed by atoms with Gasteiger partial charge in [0.25, 0.3) is 0 Å². The fourth-order valence-electron chi connectivity index (χ4n) is 3.05. The average Bonchev–Trinajstić information content (AvgIpc) is 2.92. The second-order valence-corrected chi connectivity index (χ2v) is 6.02. The third kappa shape index (κ3) is 3.47. The smallest absolute Gasteiger partial charge is 0.237 e. The Morgan fingerprint density at radius 2 is 1.80 bits per heavy atom. The molecule has 0 aliphatic carbocycles. The van der Waals surface area contributed by atoms with Crippen LogP contribution in [0.25, 0.3) is 0 Å². The first-order valence-electron chi connectivity index (χ1n) is 7.96. The monoisotopic (exact) mass is 342 g/mol. The van der Waals surface area contributed by atoms with Crippen molar-refractivity contribution < 1.29 is 18.7 Å². The van der Waals surface area contributed by atoms with E-state index in [9.17, 15) is 14.0 Å². The fourth-order valence-corrected chi connectivity index (χ4v) is 3.05. The van der Waals surface area contributed by atoms with E-state index >= 15 is 0 Å². The molecule has 2 atom stereocenters. The van der Waals surface area contributed by atoms with Crippen LogP contribution in [0.2, 0.25) is 0 Å². The van der Waals surface area contributed by atoms with Gasteiger partial charge in [-0.1, -0.05) is 12.1 Å². The van der Waals surface area contributed by atoms with Crippen molar-refractivity contribution in [1.29, 1.82) is 0 Å². The summed E-state index contributed by atoms with van der Waals surface area (Å²) >= 11 is 0. The van der Waals surface area contributed by atoms with Gasteiger partial charge in [-0.15, -0.1) is 0 Å². The summed E-state index contributed by atoms with van der Waals surface area (Å²) in [7, 11) is 3.23. The van der Waals surface area contributed by atoms with Gasteiger partial charge in [0.2, 0.25) is 11.8 Å². The van der Waals surface area contributed by atoms with Gasteiger partial charge in [0.15, 0.2) is 0 Å². The second-order valence-electron chi connectivity index (χ2n) is 6.02. The van der Waals surface area contributed by atoms with Crippen LogP contribution in [0.5, 0.6) is 5.75 Å². The molecule has 1 saturated heterocycles. The van der Waals surface area contributed by atoms with Crippen LogP contribution in [-0.2, 0) is 9.59 Å². The number of ether oxygens (including phenoxy) is 1. The summed E-state index contributed by atoms with van der Waals surface area (Å²) in [4.78, 5) is 26.5. The summed E-state index contributed by atoms with van der Waals surface area (Å²) < 4.78 is 18.2. The normalized spacial score (nSPS) is 19.8. The number of likely N-dealkylation sites (tertiary alicyclic amines) is 1. The predicted molar refractivity (Wildman–Crippen MR) is 91.6 cm³/mol. The lowest BCUT2D eigenvalue weighted by atomic mass is 9.99. The molecule has 2 aromatic carbocycles. The number of halogens is 1. The largest absolute Gasteiger partial charge is 0.497 e. The zero-order chi connectivity index (χ0) is 18.0. The van der Waals surface area contributed by atoms with Gasteiger partial charge in [0, 0.05) is 12.7 Å². The van der Waals surface area contributed by atoms with E-state index in [1.165, 1.54) is 12.1 Å². The van der Waals surface area contributed by atoms with Gasteiger partial charge in [-0.25, -0.2) is 4.39 Å². The minimum Gasteiger partial charge on any atom is -0.497 e. The molecule has 0 saturated carbocycles. The molecule has 0 radical (unpaired) electrons. The molecule has 1 fully saturated rings. The van der Waals surface area contributed by atoms with Gasteiger partial charge in [-0.2, -0.15) is 0 Å². The maximum Gasteiger partial charge on any atom is 0.237 e. The molecule has 130 valence electrons. The van der Waals surface area contributed by atoms with Gasteiger partial charge in [0.05, 0.1) is 13.2 Å². The first-order chi connectivity index (χ1) is 12.0. The maximum absolute atomic E-state index is 13.1. The van der Waals surface area contributed by atoms with Crippen LogP contribution in [0.1, 0.15) is 18.0 Å². The highest BCUT2D eigenvalue weighted by Gasteiger charge is 2.42. The topological polar surface area (TPSA) is 58.6 Å². The molecule has 1 aliphatic rings. The number of nitrogens with zero attached hydrogens (tertiary/aromatic N) is 1. The van der Waals surface area contributed by atoms with E-state index < -0.39 is 5.92 Å². The Morgan fingerprint density at radius 1 is 1.16 bits per heavy atom. The maximum atomic E-state index is 13.1. The second kappa shape index (κ2) is 6.93. The molecular formula is C19H19FN2O3. The number of nitrogens with one attached hydrogen (secondary N) is 1. The van der Waals surface area contributed by atoms with Crippen LogP contribution in [0.4, 0.5) is 10.1 Å². The van der Waals surface area contributed by atoms with E-state index in [0.29, 0.717) is 17.9 Å². The highest BCUT2D eigenvalue weighted by Crippen LogP contribution is 2.35. The van der Waals surface area contributed by atoms with Crippen LogP contribution < -0.4 is 10.1 Å². The molecule has 6 heteroatoms. The minimum atomic E-state index is -0.762. The van der Waals surface area contributed by atoms with E-state index in [4.69, 9.17) is 4.74 Å². The number of rotatable bonds is 4. The van der Waals surface area contributed by atoms with Crippen molar-refractivity contribution in [2.75, 3.05) is 19.5 Å². The number of carbonyl (C=O) groups is 2. The quantitative estimate of drug-likeness (QED) is 0.869. The summed E-state index contributed by atoms with van der Waals surface area (Å²) in [6, 6.07) is 12.7. The number of benzene rings is 2. The Morgan fingerprint density at radius 3 is 2.40 bits per heavy atom. The van der Waals surface area contributed by atoms with Crippen LogP contribution in [0.15, 0.2) is 48.5 Å². The number of hydrogen-bond acceptors (Lipinski definition) is 3. The van der Waals surface area contributed by atoms with Crippen LogP contribution >= 0.6 is 0 Å². The van der Waals surface area contributed by atoms with Crippen molar-refractivity contribution in [2.45, 2.75) is 12.5 Å². The molecule has 2 aromatic rings. The lowest BCUT2D eigenvalue weighted by Crippen LogP contribution is -2.31. The molecule has 5 nitrogen and oxygen atoms in total. The summed E-state index contributed by atoms with van der Waals surface area (Å²) in [6.45, 7) is 0. The van der Waals surface area contributed by atoms with Gasteiger partial charge in [-0.3, -0.25) is 9.59 Å². The number of carbonyl (C=O) groups excluding carboxylic acids is 2. The lowest BCUT2D eigenvalue weighted by Gasteiger charge is -2.19. The molecule has 0 spiro atoms. The predicted octanol–water partition coefficient (Wildman–Crippen LogP) is 2.99. The molecule has 1 heterocycles. The first-order valence-corrected chi connectivity index (χ1v) is 7.96. The lowest BCUT2D eigenvalue weighted by molar-refractivity contribution is -0.135. The van der Waals surface area contributed by atoms with Crippen LogP contribution in [0.3, 0.4) is 0 Å². The van der Waals surface area contributed by atoms with Crippen molar-refractivity contribution >= 4 is 17.5 Å². The van der Waals surface area contributed by atoms with Crippen molar-refractivity contribution in [3.05, 3.63) is 59.9 Å². The summed E-state index contributed by atoms with van der Waals surface area (Å²) in [5.41, 5.74) is 1.42. The van der Waals surface area contributed by atoms with Crippen LogP contribution in [-0.4, -0.2) is 30.9 Å². The Bertz CT molecular complexity index is 774. The molecule has 2 unspecified atom stereocenters. The van der Waals surface area contributed by atoms with Crippen LogP contribution in [0, 0.1) is 11.7 Å². The molecule has 1 N–H and O–H groups in total. The zero-order valence-corrected chi connectivity index (χ0v) is 14.0. The molecule has 0 aromatic heterocycles. The number of amides is 2. The molecule has 1 aliphatic heterocycles. The van der Waals surface area contributed by atoms with Crippen molar-refractivity contribution in [1.82, 2.24) is 4.90 Å². The Labute approximate surface area is 145 Å². The number of hydrogen-bond donors (Lipinski definition) is 1. The van der Waals surface area contributed by atoms with Gasteiger partial charge < -0.3 is 15.0 Å². The van der Waals surface area contributed by atoms with E-state index in [-0.39, 0.29) is 23.7 Å². The van der Waals surface area contributed by atoms with E-state index in [2.05, 4.69) is 5.32 Å². The molecular weight excluding hydrogens is 323 g/mol. The number of methoxy groups -OCH3 is 1. The minimum absolute atomic E-state index is 0.236. The summed E-state index contributed by atoms with van der Waals surface area (Å²) in [5, 5.41) is 2.77. The fraction of sp³-hybridized carbons (Fsp3) is 0.263. The molecule has 2 amide bonds. The van der Waals surface area contributed by atoms with Gasteiger partial charge in [0.1, 0.15) is 17.5 Å². The van der Waals surface area contributed by atoms with Crippen molar-refractivity contribution in [3.8, 4) is 5.75 Å². The average molecular weight is 342 g/mol. The van der Waals surface area contributed by atoms with E-state index in [1.54, 1.807) is 55.5 Å². The highest BCUT2D eigenvalue weighted by atomic mass is 19.1. The number of anilines is 1. The van der Waals surface area contributed by atoms with Crippen molar-refractivity contribution in [2.24, 2.45) is 5.92 Å². The standard InChI is InChI=1S/C19H19FN2O3/c1-22-17(12-3-5-13(20)6-4-12)11-16(19(22)24)18(23)21-14-7-9-15(25-2)10-8-14/h3-10,16-17H,11H2,1-2H3,(H,21,23). The molecule has 3 rings (SSSR count). The van der Waals surface area contributed by atoms with E-state index in [1.807, 2.05) is 0 Å². The molecule has 25 heavy (non-hydrogen) atoms. The summed E-state index contributed by atoms with van der Waals surface area (Å²) in [6.07, 6.45) is 0.364. The Kier molecular flexibility index (Phi) is 4.70. The zero-order valence-electron chi connectivity index (χ0n) is 14.0. The first kappa shape index (κ1) is 17.0. The third-order valence-corrected chi connectivity index (χ3v) is 4.50. The van der Waals surface area contributed by atoms with Gasteiger partial charge >= 0.3 is 0 Å². The van der Waals surface area contributed by atoms with Gasteiger partial charge in [-0.05, 0) is 48.4 Å². The van der Waals surface area contributed by atoms with E-state index in [0.717, 1.165) is 5.56 Å². The summed E-state index contributed by atoms with van der Waals surface area (Å²) in [5.74, 6) is -0.982. The SMILES string of the molecule is COc1ccc(NC(=O)C2CC(c3ccc(F)cc3)N(C)C2=O)cc1. The third-order valence-electron chi connectivity index (χ3n) is 4.50. The Hall–Kier alpha value is -2.89. The van der Waals surface area contributed by atoms with Crippen molar-refractivity contribution in [3.63, 3.8) is 0 Å². The Balaban J connectivity index is 1.72.